The lowest BCUT2D eigenvalue weighted by Gasteiger charge is -2.20. The first-order chi connectivity index (χ1) is 9.70. The minimum Gasteiger partial charge on any atom is -0.476 e. The fourth-order valence-electron chi connectivity index (χ4n) is 2.35. The predicted molar refractivity (Wildman–Crippen MR) is 75.9 cm³/mol. The Morgan fingerprint density at radius 2 is 2.35 bits per heavy atom. The molecule has 2 aromatic rings. The molecule has 5 nitrogen and oxygen atoms in total. The Morgan fingerprint density at radius 1 is 1.55 bits per heavy atom. The average Bonchev–Trinajstić information content (AvgIpc) is 3.15. The quantitative estimate of drug-likeness (QED) is 0.842. The molecular weight excluding hydrogens is 254 g/mol. The van der Waals surface area contributed by atoms with Crippen LogP contribution < -0.4 is 4.90 Å². The SMILES string of the molecule is C#CCN(CC1CC1)c1nc2ccccn2c1C(=O)O. The maximum Gasteiger partial charge on any atom is 0.356 e. The van der Waals surface area contributed by atoms with Crippen molar-refractivity contribution < 1.29 is 9.90 Å². The van der Waals surface area contributed by atoms with Crippen LogP contribution in [0.25, 0.3) is 5.65 Å². The highest BCUT2D eigenvalue weighted by molar-refractivity contribution is 5.93. The molecule has 1 aliphatic carbocycles. The summed E-state index contributed by atoms with van der Waals surface area (Å²) in [5.41, 5.74) is 0.800. The molecule has 3 rings (SSSR count). The molecule has 20 heavy (non-hydrogen) atoms. The molecule has 0 bridgehead atoms. The second-order valence-electron chi connectivity index (χ2n) is 5.05. The van der Waals surface area contributed by atoms with Gasteiger partial charge in [0, 0.05) is 12.7 Å². The predicted octanol–water partition coefficient (Wildman–Crippen LogP) is 1.88. The first-order valence-electron chi connectivity index (χ1n) is 6.59. The molecule has 0 aliphatic heterocycles. The van der Waals surface area contributed by atoms with Crippen molar-refractivity contribution in [1.82, 2.24) is 9.38 Å². The van der Waals surface area contributed by atoms with Gasteiger partial charge in [0.2, 0.25) is 0 Å². The molecule has 0 amide bonds. The summed E-state index contributed by atoms with van der Waals surface area (Å²) in [7, 11) is 0. The number of hydrogen-bond donors (Lipinski definition) is 1. The van der Waals surface area contributed by atoms with Crippen LogP contribution in [0, 0.1) is 18.3 Å². The molecule has 0 unspecified atom stereocenters. The number of terminal acetylenes is 1. The van der Waals surface area contributed by atoms with E-state index in [0.717, 1.165) is 6.54 Å². The molecule has 2 aromatic heterocycles. The van der Waals surface area contributed by atoms with Crippen LogP contribution in [0.15, 0.2) is 24.4 Å². The summed E-state index contributed by atoms with van der Waals surface area (Å²) < 4.78 is 1.59. The van der Waals surface area contributed by atoms with E-state index in [0.29, 0.717) is 23.9 Å². The van der Waals surface area contributed by atoms with Gasteiger partial charge in [0.05, 0.1) is 6.54 Å². The van der Waals surface area contributed by atoms with Crippen molar-refractivity contribution in [3.05, 3.63) is 30.1 Å². The highest BCUT2D eigenvalue weighted by Crippen LogP contribution is 2.32. The summed E-state index contributed by atoms with van der Waals surface area (Å²) in [6, 6.07) is 5.42. The number of nitrogens with zero attached hydrogens (tertiary/aromatic N) is 3. The Balaban J connectivity index is 2.09. The van der Waals surface area contributed by atoms with E-state index in [-0.39, 0.29) is 5.69 Å². The van der Waals surface area contributed by atoms with Crippen molar-refractivity contribution in [3.63, 3.8) is 0 Å². The Hall–Kier alpha value is -2.48. The van der Waals surface area contributed by atoms with E-state index in [1.54, 1.807) is 22.7 Å². The molecule has 102 valence electrons. The number of hydrogen-bond acceptors (Lipinski definition) is 3. The summed E-state index contributed by atoms with van der Waals surface area (Å²) in [4.78, 5) is 17.9. The van der Waals surface area contributed by atoms with E-state index >= 15 is 0 Å². The van der Waals surface area contributed by atoms with Crippen LogP contribution in [-0.4, -0.2) is 33.6 Å². The third kappa shape index (κ3) is 2.21. The molecule has 1 saturated carbocycles. The standard InChI is InChI=1S/C15H15N3O2/c1-2-8-17(10-11-6-7-11)14-13(15(19)20)18-9-4-3-5-12(18)16-14/h1,3-5,9,11H,6-8,10H2,(H,19,20). The summed E-state index contributed by atoms with van der Waals surface area (Å²) in [5, 5.41) is 9.48. The highest BCUT2D eigenvalue weighted by Gasteiger charge is 2.28. The van der Waals surface area contributed by atoms with E-state index in [4.69, 9.17) is 6.42 Å². The number of aromatic nitrogens is 2. The summed E-state index contributed by atoms with van der Waals surface area (Å²) in [5.74, 6) is 2.68. The van der Waals surface area contributed by atoms with Crippen LogP contribution in [0.5, 0.6) is 0 Å². The van der Waals surface area contributed by atoms with Gasteiger partial charge < -0.3 is 10.0 Å². The second kappa shape index (κ2) is 4.89. The largest absolute Gasteiger partial charge is 0.476 e. The number of carboxylic acid groups (broad SMARTS) is 1. The van der Waals surface area contributed by atoms with Crippen LogP contribution in [-0.2, 0) is 0 Å². The van der Waals surface area contributed by atoms with Crippen molar-refractivity contribution in [2.75, 3.05) is 18.0 Å². The van der Waals surface area contributed by atoms with Crippen LogP contribution in [0.4, 0.5) is 5.82 Å². The number of carbonyl (C=O) groups is 1. The topological polar surface area (TPSA) is 57.8 Å². The van der Waals surface area contributed by atoms with Gasteiger partial charge in [0.1, 0.15) is 5.65 Å². The summed E-state index contributed by atoms with van der Waals surface area (Å²) in [6.07, 6.45) is 9.47. The van der Waals surface area contributed by atoms with Gasteiger partial charge >= 0.3 is 5.97 Å². The Morgan fingerprint density at radius 3 is 3.00 bits per heavy atom. The number of imidazole rings is 1. The molecule has 1 aliphatic rings. The fourth-order valence-corrected chi connectivity index (χ4v) is 2.35. The van der Waals surface area contributed by atoms with Crippen LogP contribution in [0.3, 0.4) is 0 Å². The van der Waals surface area contributed by atoms with Gasteiger partial charge in [-0.25, -0.2) is 9.78 Å². The van der Waals surface area contributed by atoms with Crippen LogP contribution in [0.2, 0.25) is 0 Å². The first kappa shape index (κ1) is 12.5. The molecule has 0 spiro atoms. The van der Waals surface area contributed by atoms with Crippen LogP contribution in [0.1, 0.15) is 23.3 Å². The monoisotopic (exact) mass is 269 g/mol. The molecular formula is C15H15N3O2. The molecule has 1 fully saturated rings. The second-order valence-corrected chi connectivity index (χ2v) is 5.05. The molecule has 1 N–H and O–H groups in total. The van der Waals surface area contributed by atoms with E-state index in [1.807, 2.05) is 11.0 Å². The number of aromatic carboxylic acids is 1. The van der Waals surface area contributed by atoms with Crippen molar-refractivity contribution >= 4 is 17.4 Å². The van der Waals surface area contributed by atoms with Crippen molar-refractivity contribution in [2.45, 2.75) is 12.8 Å². The third-order valence-electron chi connectivity index (χ3n) is 3.47. The van der Waals surface area contributed by atoms with E-state index < -0.39 is 5.97 Å². The highest BCUT2D eigenvalue weighted by atomic mass is 16.4. The molecule has 2 heterocycles. The molecule has 0 radical (unpaired) electrons. The average molecular weight is 269 g/mol. The molecule has 0 aromatic carbocycles. The number of anilines is 1. The van der Waals surface area contributed by atoms with Gasteiger partial charge in [-0.3, -0.25) is 4.40 Å². The normalized spacial score (nSPS) is 14.2. The Labute approximate surface area is 116 Å². The maximum absolute atomic E-state index is 11.6. The number of fused-ring (bicyclic) bond motifs is 1. The zero-order chi connectivity index (χ0) is 14.1. The molecule has 0 saturated heterocycles. The van der Waals surface area contributed by atoms with E-state index in [9.17, 15) is 9.90 Å². The van der Waals surface area contributed by atoms with Gasteiger partial charge in [-0.1, -0.05) is 12.0 Å². The van der Waals surface area contributed by atoms with Gasteiger partial charge in [0.25, 0.3) is 0 Å². The van der Waals surface area contributed by atoms with Gasteiger partial charge in [-0.2, -0.15) is 0 Å². The minimum absolute atomic E-state index is 0.177. The smallest absolute Gasteiger partial charge is 0.356 e. The van der Waals surface area contributed by atoms with Crippen LogP contribution >= 0.6 is 0 Å². The number of carboxylic acids is 1. The summed E-state index contributed by atoms with van der Waals surface area (Å²) >= 11 is 0. The van der Waals surface area contributed by atoms with Gasteiger partial charge in [0.15, 0.2) is 11.5 Å². The number of pyridine rings is 1. The fraction of sp³-hybridized carbons (Fsp3) is 0.333. The Kier molecular flexibility index (Phi) is 3.07. The van der Waals surface area contributed by atoms with Crippen molar-refractivity contribution in [3.8, 4) is 12.3 Å². The summed E-state index contributed by atoms with van der Waals surface area (Å²) in [6.45, 7) is 1.15. The van der Waals surface area contributed by atoms with Crippen molar-refractivity contribution in [1.29, 1.82) is 0 Å². The van der Waals surface area contributed by atoms with Crippen molar-refractivity contribution in [2.24, 2.45) is 5.92 Å². The zero-order valence-electron chi connectivity index (χ0n) is 11.0. The van der Waals surface area contributed by atoms with E-state index in [2.05, 4.69) is 10.9 Å². The van der Waals surface area contributed by atoms with E-state index in [1.165, 1.54) is 12.8 Å². The lowest BCUT2D eigenvalue weighted by molar-refractivity contribution is 0.0690. The lowest BCUT2D eigenvalue weighted by atomic mass is 10.3. The van der Waals surface area contributed by atoms with Gasteiger partial charge in [-0.15, -0.1) is 6.42 Å². The number of rotatable bonds is 5. The minimum atomic E-state index is -0.989. The lowest BCUT2D eigenvalue weighted by Crippen LogP contribution is -2.28. The Bertz CT molecular complexity index is 695. The molecule has 0 atom stereocenters. The zero-order valence-corrected chi connectivity index (χ0v) is 11.0. The first-order valence-corrected chi connectivity index (χ1v) is 6.59. The molecule has 5 heteroatoms. The third-order valence-corrected chi connectivity index (χ3v) is 3.47. The maximum atomic E-state index is 11.6. The van der Waals surface area contributed by atoms with Gasteiger partial charge in [-0.05, 0) is 30.9 Å².